The van der Waals surface area contributed by atoms with Crippen LogP contribution in [-0.4, -0.2) is 84.7 Å². The van der Waals surface area contributed by atoms with E-state index in [-0.39, 0.29) is 35.2 Å². The number of amides is 1. The van der Waals surface area contributed by atoms with E-state index in [0.29, 0.717) is 46.2 Å². The monoisotopic (exact) mass is 559 g/mol. The fraction of sp³-hybridized carbons (Fsp3) is 0.440. The molecule has 0 spiro atoms. The second-order valence-electron chi connectivity index (χ2n) is 9.36. The summed E-state index contributed by atoms with van der Waals surface area (Å²) in [5.74, 6) is -0.0589. The van der Waals surface area contributed by atoms with Crippen molar-refractivity contribution in [1.29, 1.82) is 0 Å². The number of hydrogen-bond acceptors (Lipinski definition) is 11. The number of likely N-dealkylation sites (tertiary alicyclic amines) is 1. The van der Waals surface area contributed by atoms with E-state index in [1.165, 1.54) is 35.6 Å². The molecule has 2 N–H and O–H groups in total. The highest BCUT2D eigenvalue weighted by molar-refractivity contribution is 7.92. The molecule has 3 heterocycles. The van der Waals surface area contributed by atoms with Crippen molar-refractivity contribution in [3.63, 3.8) is 0 Å². The maximum Gasteiger partial charge on any atom is 0.280 e. The molecule has 2 fully saturated rings. The number of sulfone groups is 1. The van der Waals surface area contributed by atoms with Crippen molar-refractivity contribution >= 4 is 48.3 Å². The molecule has 13 heteroatoms. The molecular formula is C25H29N5O6S2. The van der Waals surface area contributed by atoms with E-state index < -0.39 is 15.7 Å². The van der Waals surface area contributed by atoms with Crippen LogP contribution in [0.2, 0.25) is 0 Å². The number of pyridine rings is 1. The maximum absolute atomic E-state index is 13.2. The van der Waals surface area contributed by atoms with Gasteiger partial charge in [0, 0.05) is 37.7 Å². The van der Waals surface area contributed by atoms with Gasteiger partial charge in [0.05, 0.1) is 10.1 Å². The van der Waals surface area contributed by atoms with Crippen LogP contribution in [0, 0.1) is 0 Å². The Morgan fingerprint density at radius 1 is 1.18 bits per heavy atom. The van der Waals surface area contributed by atoms with Crippen molar-refractivity contribution < 1.29 is 27.9 Å². The van der Waals surface area contributed by atoms with Crippen LogP contribution in [-0.2, 0) is 19.5 Å². The number of aliphatic hydroxyl groups is 1. The molecule has 5 rings (SSSR count). The summed E-state index contributed by atoms with van der Waals surface area (Å²) in [7, 11) is -1.30. The Morgan fingerprint density at radius 2 is 1.97 bits per heavy atom. The second kappa shape index (κ2) is 11.3. The molecule has 1 aromatic carbocycles. The zero-order valence-electron chi connectivity index (χ0n) is 20.9. The molecule has 1 aliphatic heterocycles. The van der Waals surface area contributed by atoms with Gasteiger partial charge in [-0.25, -0.2) is 18.4 Å². The van der Waals surface area contributed by atoms with Gasteiger partial charge in [-0.05, 0) is 44.5 Å². The van der Waals surface area contributed by atoms with Gasteiger partial charge in [-0.2, -0.15) is 0 Å². The number of oxime groups is 1. The quantitative estimate of drug-likeness (QED) is 0.206. The Labute approximate surface area is 224 Å². The highest BCUT2D eigenvalue weighted by Crippen LogP contribution is 2.33. The summed E-state index contributed by atoms with van der Waals surface area (Å²) < 4.78 is 31.1. The lowest BCUT2D eigenvalue weighted by atomic mass is 10.1. The lowest BCUT2D eigenvalue weighted by Gasteiger charge is -2.12. The minimum Gasteiger partial charge on any atom is -0.473 e. The Morgan fingerprint density at radius 3 is 2.66 bits per heavy atom. The van der Waals surface area contributed by atoms with Crippen LogP contribution < -0.4 is 10.1 Å². The standard InChI is InChI=1S/C25H29N5O6S2/c1-30-12-11-17(15-30)36-21-10-9-20-24(27-21)37-25(26-20)28-23(32)22(29-35-14-2-13-31)16-3-5-18(6-4-16)38(33,34)19-7-8-19/h3-6,9-10,17,19,31H,2,7-8,11-15H2,1H3,(H,26,28,32)/b29-22+/t17-/m1/s1. The number of hydrogen-bond donors (Lipinski definition) is 2. The van der Waals surface area contributed by atoms with Crippen molar-refractivity contribution in [1.82, 2.24) is 14.9 Å². The smallest absolute Gasteiger partial charge is 0.280 e. The lowest BCUT2D eigenvalue weighted by molar-refractivity contribution is -0.110. The van der Waals surface area contributed by atoms with Gasteiger partial charge in [-0.1, -0.05) is 28.6 Å². The molecule has 0 bridgehead atoms. The third-order valence-electron chi connectivity index (χ3n) is 6.27. The minimum absolute atomic E-state index is 0.0418. The Hall–Kier alpha value is -3.13. The number of carbonyl (C=O) groups is 1. The van der Waals surface area contributed by atoms with E-state index in [2.05, 4.69) is 32.4 Å². The summed E-state index contributed by atoms with van der Waals surface area (Å²) >= 11 is 1.21. The first-order chi connectivity index (χ1) is 18.3. The Bertz CT molecular complexity index is 1440. The van der Waals surface area contributed by atoms with E-state index in [0.717, 1.165) is 19.5 Å². The van der Waals surface area contributed by atoms with Crippen LogP contribution in [0.3, 0.4) is 0 Å². The minimum atomic E-state index is -3.36. The Kier molecular flexibility index (Phi) is 7.88. The van der Waals surface area contributed by atoms with Crippen molar-refractivity contribution in [3.05, 3.63) is 42.0 Å². The van der Waals surface area contributed by atoms with Gasteiger partial charge >= 0.3 is 0 Å². The topological polar surface area (TPSA) is 143 Å². The van der Waals surface area contributed by atoms with Gasteiger partial charge in [0.2, 0.25) is 5.88 Å². The molecule has 1 saturated carbocycles. The van der Waals surface area contributed by atoms with Gasteiger partial charge in [-0.15, -0.1) is 0 Å². The number of likely N-dealkylation sites (N-methyl/N-ethyl adjacent to an activating group) is 1. The SMILES string of the molecule is CN1CC[C@@H](Oc2ccc3nc(NC(=O)/C(=N/OCCCO)c4ccc(S(=O)(=O)C5CC5)cc4)sc3n2)C1. The molecule has 1 atom stereocenters. The highest BCUT2D eigenvalue weighted by atomic mass is 32.2. The first-order valence-corrected chi connectivity index (χ1v) is 14.8. The number of ether oxygens (including phenoxy) is 1. The summed E-state index contributed by atoms with van der Waals surface area (Å²) in [6, 6.07) is 9.59. The lowest BCUT2D eigenvalue weighted by Crippen LogP contribution is -2.24. The van der Waals surface area contributed by atoms with E-state index in [1.54, 1.807) is 12.1 Å². The number of anilines is 1. The van der Waals surface area contributed by atoms with Crippen LogP contribution in [0.25, 0.3) is 10.3 Å². The summed E-state index contributed by atoms with van der Waals surface area (Å²) in [5, 5.41) is 15.7. The summed E-state index contributed by atoms with van der Waals surface area (Å²) in [6.07, 6.45) is 2.71. The first-order valence-electron chi connectivity index (χ1n) is 12.4. The predicted octanol–water partition coefficient (Wildman–Crippen LogP) is 2.45. The fourth-order valence-electron chi connectivity index (χ4n) is 4.07. The van der Waals surface area contributed by atoms with Gasteiger partial charge in [-0.3, -0.25) is 10.1 Å². The third kappa shape index (κ3) is 6.12. The number of thiazole rings is 1. The van der Waals surface area contributed by atoms with E-state index in [1.807, 2.05) is 0 Å². The highest BCUT2D eigenvalue weighted by Gasteiger charge is 2.36. The molecule has 202 valence electrons. The molecule has 38 heavy (non-hydrogen) atoms. The molecule has 1 amide bonds. The van der Waals surface area contributed by atoms with Crippen LogP contribution in [0.1, 0.15) is 31.2 Å². The molecule has 1 saturated heterocycles. The summed E-state index contributed by atoms with van der Waals surface area (Å²) in [4.78, 5) is 30.5. The van der Waals surface area contributed by atoms with Crippen LogP contribution >= 0.6 is 11.3 Å². The molecular weight excluding hydrogens is 530 g/mol. The van der Waals surface area contributed by atoms with Crippen molar-refractivity contribution in [2.45, 2.75) is 41.9 Å². The molecule has 11 nitrogen and oxygen atoms in total. The van der Waals surface area contributed by atoms with E-state index in [9.17, 15) is 13.2 Å². The molecule has 0 radical (unpaired) electrons. The maximum atomic E-state index is 13.2. The van der Waals surface area contributed by atoms with Crippen LogP contribution in [0.4, 0.5) is 5.13 Å². The Balaban J connectivity index is 1.33. The van der Waals surface area contributed by atoms with Crippen molar-refractivity contribution in [2.75, 3.05) is 38.7 Å². The molecule has 3 aromatic rings. The number of fused-ring (bicyclic) bond motifs is 1. The number of nitrogens with zero attached hydrogens (tertiary/aromatic N) is 4. The average Bonchev–Trinajstić information content (AvgIpc) is 3.58. The molecule has 0 unspecified atom stereocenters. The van der Waals surface area contributed by atoms with Gasteiger partial charge in [0.15, 0.2) is 20.7 Å². The van der Waals surface area contributed by atoms with Crippen LogP contribution in [0.15, 0.2) is 46.4 Å². The number of rotatable bonds is 11. The number of aromatic nitrogens is 2. The van der Waals surface area contributed by atoms with E-state index in [4.69, 9.17) is 14.7 Å². The number of nitrogens with one attached hydrogen (secondary N) is 1. The number of aliphatic hydroxyl groups excluding tert-OH is 1. The third-order valence-corrected chi connectivity index (χ3v) is 9.43. The summed E-state index contributed by atoms with van der Waals surface area (Å²) in [6.45, 7) is 1.87. The predicted molar refractivity (Wildman–Crippen MR) is 143 cm³/mol. The van der Waals surface area contributed by atoms with Crippen molar-refractivity contribution in [2.24, 2.45) is 5.16 Å². The zero-order chi connectivity index (χ0) is 26.7. The van der Waals surface area contributed by atoms with Gasteiger partial charge in [0.1, 0.15) is 23.1 Å². The zero-order valence-corrected chi connectivity index (χ0v) is 22.5. The van der Waals surface area contributed by atoms with E-state index >= 15 is 0 Å². The summed E-state index contributed by atoms with van der Waals surface area (Å²) in [5.41, 5.74) is 0.964. The van der Waals surface area contributed by atoms with Gasteiger partial charge in [0.25, 0.3) is 5.91 Å². The molecule has 2 aromatic heterocycles. The first kappa shape index (κ1) is 26.5. The van der Waals surface area contributed by atoms with Gasteiger partial charge < -0.3 is 19.6 Å². The largest absolute Gasteiger partial charge is 0.473 e. The second-order valence-corrected chi connectivity index (χ2v) is 12.6. The molecule has 1 aliphatic carbocycles. The number of benzene rings is 1. The number of carbonyl (C=O) groups excluding carboxylic acids is 1. The fourth-order valence-corrected chi connectivity index (χ4v) is 6.56. The van der Waals surface area contributed by atoms with Crippen molar-refractivity contribution in [3.8, 4) is 5.88 Å². The molecule has 2 aliphatic rings. The average molecular weight is 560 g/mol. The van der Waals surface area contributed by atoms with Crippen LogP contribution in [0.5, 0.6) is 5.88 Å². The normalized spacial score (nSPS) is 18.6.